The van der Waals surface area contributed by atoms with Gasteiger partial charge in [0, 0.05) is 18.3 Å². The summed E-state index contributed by atoms with van der Waals surface area (Å²) in [6, 6.07) is 5.79. The summed E-state index contributed by atoms with van der Waals surface area (Å²) in [5.74, 6) is 0.750. The van der Waals surface area contributed by atoms with Crippen molar-refractivity contribution < 1.29 is 4.79 Å². The van der Waals surface area contributed by atoms with Crippen molar-refractivity contribution in [3.63, 3.8) is 0 Å². The molecule has 2 rings (SSSR count). The fraction of sp³-hybridized carbons (Fsp3) is 0.462. The molecule has 1 aliphatic rings. The van der Waals surface area contributed by atoms with E-state index in [4.69, 9.17) is 5.73 Å². The maximum Gasteiger partial charge on any atom is 0.221 e. The lowest BCUT2D eigenvalue weighted by Gasteiger charge is -2.25. The molecule has 0 aliphatic heterocycles. The van der Waals surface area contributed by atoms with E-state index in [0.717, 1.165) is 23.7 Å². The topological polar surface area (TPSA) is 55.1 Å². The van der Waals surface area contributed by atoms with Crippen LogP contribution >= 0.6 is 0 Å². The minimum Gasteiger partial charge on any atom is -0.398 e. The van der Waals surface area contributed by atoms with Gasteiger partial charge in [0.1, 0.15) is 0 Å². The fourth-order valence-corrected chi connectivity index (χ4v) is 2.07. The van der Waals surface area contributed by atoms with Gasteiger partial charge in [-0.1, -0.05) is 25.3 Å². The molecule has 1 aromatic rings. The first-order valence-electron chi connectivity index (χ1n) is 5.81. The number of amides is 1. The molecule has 0 bridgehead atoms. The minimum atomic E-state index is -0.0638. The second-order valence-electron chi connectivity index (χ2n) is 4.60. The SMILES string of the molecule is CC(=O)Nc1ccc(CC2CCC2)c(N)c1. The third kappa shape index (κ3) is 2.54. The molecule has 0 atom stereocenters. The Morgan fingerprint density at radius 3 is 2.75 bits per heavy atom. The van der Waals surface area contributed by atoms with E-state index in [1.165, 1.54) is 31.7 Å². The Kier molecular flexibility index (Phi) is 3.13. The van der Waals surface area contributed by atoms with Gasteiger partial charge in [-0.2, -0.15) is 0 Å². The van der Waals surface area contributed by atoms with E-state index in [0.29, 0.717) is 0 Å². The summed E-state index contributed by atoms with van der Waals surface area (Å²) in [5.41, 5.74) is 8.75. The van der Waals surface area contributed by atoms with Crippen molar-refractivity contribution in [3.05, 3.63) is 23.8 Å². The second kappa shape index (κ2) is 4.56. The van der Waals surface area contributed by atoms with Crippen LogP contribution in [0.4, 0.5) is 11.4 Å². The van der Waals surface area contributed by atoms with Crippen LogP contribution in [0.25, 0.3) is 0 Å². The molecule has 1 amide bonds. The van der Waals surface area contributed by atoms with E-state index < -0.39 is 0 Å². The Bertz CT molecular complexity index is 397. The zero-order chi connectivity index (χ0) is 11.5. The lowest BCUT2D eigenvalue weighted by atomic mass is 9.80. The standard InChI is InChI=1S/C13H18N2O/c1-9(16)15-12-6-5-11(13(14)8-12)7-10-3-2-4-10/h5-6,8,10H,2-4,7,14H2,1H3,(H,15,16). The highest BCUT2D eigenvalue weighted by Gasteiger charge is 2.18. The summed E-state index contributed by atoms with van der Waals surface area (Å²) < 4.78 is 0. The Morgan fingerprint density at radius 2 is 2.25 bits per heavy atom. The number of nitrogens with one attached hydrogen (secondary N) is 1. The van der Waals surface area contributed by atoms with Crippen molar-refractivity contribution in [2.45, 2.75) is 32.6 Å². The molecule has 0 unspecified atom stereocenters. The van der Waals surface area contributed by atoms with Crippen LogP contribution in [-0.2, 0) is 11.2 Å². The number of hydrogen-bond acceptors (Lipinski definition) is 2. The molecule has 3 nitrogen and oxygen atoms in total. The summed E-state index contributed by atoms with van der Waals surface area (Å²) in [6.07, 6.45) is 5.08. The molecule has 1 aliphatic carbocycles. The first-order valence-corrected chi connectivity index (χ1v) is 5.81. The predicted octanol–water partition coefficient (Wildman–Crippen LogP) is 2.57. The zero-order valence-electron chi connectivity index (χ0n) is 9.62. The van der Waals surface area contributed by atoms with E-state index in [-0.39, 0.29) is 5.91 Å². The smallest absolute Gasteiger partial charge is 0.221 e. The summed E-state index contributed by atoms with van der Waals surface area (Å²) in [6.45, 7) is 1.50. The second-order valence-corrected chi connectivity index (χ2v) is 4.60. The average molecular weight is 218 g/mol. The minimum absolute atomic E-state index is 0.0638. The number of hydrogen-bond donors (Lipinski definition) is 2. The van der Waals surface area contributed by atoms with Crippen LogP contribution in [0.5, 0.6) is 0 Å². The molecular weight excluding hydrogens is 200 g/mol. The van der Waals surface area contributed by atoms with Crippen LogP contribution in [0.2, 0.25) is 0 Å². The van der Waals surface area contributed by atoms with E-state index >= 15 is 0 Å². The van der Waals surface area contributed by atoms with Crippen molar-refractivity contribution in [1.29, 1.82) is 0 Å². The van der Waals surface area contributed by atoms with Crippen molar-refractivity contribution in [3.8, 4) is 0 Å². The van der Waals surface area contributed by atoms with Crippen LogP contribution < -0.4 is 11.1 Å². The highest BCUT2D eigenvalue weighted by molar-refractivity contribution is 5.89. The lowest BCUT2D eigenvalue weighted by Crippen LogP contribution is -2.15. The predicted molar refractivity (Wildman–Crippen MR) is 66.2 cm³/mol. The van der Waals surface area contributed by atoms with Gasteiger partial charge < -0.3 is 11.1 Å². The van der Waals surface area contributed by atoms with Crippen molar-refractivity contribution in [2.24, 2.45) is 5.92 Å². The Balaban J connectivity index is 2.06. The Morgan fingerprint density at radius 1 is 1.50 bits per heavy atom. The quantitative estimate of drug-likeness (QED) is 0.766. The number of carbonyl (C=O) groups is 1. The van der Waals surface area contributed by atoms with Crippen LogP contribution in [0, 0.1) is 5.92 Å². The first kappa shape index (κ1) is 11.0. The average Bonchev–Trinajstić information content (AvgIpc) is 2.12. The summed E-state index contributed by atoms with van der Waals surface area (Å²) in [5, 5.41) is 2.74. The molecule has 1 fully saturated rings. The van der Waals surface area contributed by atoms with Gasteiger partial charge in [0.25, 0.3) is 0 Å². The van der Waals surface area contributed by atoms with Gasteiger partial charge in [-0.25, -0.2) is 0 Å². The Hall–Kier alpha value is -1.51. The van der Waals surface area contributed by atoms with Gasteiger partial charge in [0.15, 0.2) is 0 Å². The molecule has 3 heteroatoms. The van der Waals surface area contributed by atoms with Crippen LogP contribution in [-0.4, -0.2) is 5.91 Å². The van der Waals surface area contributed by atoms with Crippen molar-refractivity contribution in [1.82, 2.24) is 0 Å². The van der Waals surface area contributed by atoms with Crippen LogP contribution in [0.15, 0.2) is 18.2 Å². The van der Waals surface area contributed by atoms with Crippen molar-refractivity contribution >= 4 is 17.3 Å². The lowest BCUT2D eigenvalue weighted by molar-refractivity contribution is -0.114. The molecule has 0 aromatic heterocycles. The highest BCUT2D eigenvalue weighted by atomic mass is 16.1. The van der Waals surface area contributed by atoms with Crippen LogP contribution in [0.1, 0.15) is 31.7 Å². The maximum absolute atomic E-state index is 10.9. The van der Waals surface area contributed by atoms with E-state index in [1.54, 1.807) is 0 Å². The fourth-order valence-electron chi connectivity index (χ4n) is 2.07. The van der Waals surface area contributed by atoms with E-state index in [2.05, 4.69) is 5.32 Å². The number of nitrogen functional groups attached to an aromatic ring is 1. The molecule has 3 N–H and O–H groups in total. The molecule has 86 valence electrons. The summed E-state index contributed by atoms with van der Waals surface area (Å²) >= 11 is 0. The van der Waals surface area contributed by atoms with Gasteiger partial charge in [-0.3, -0.25) is 4.79 Å². The van der Waals surface area contributed by atoms with Gasteiger partial charge in [-0.05, 0) is 30.0 Å². The third-order valence-corrected chi connectivity index (χ3v) is 3.20. The number of carbonyl (C=O) groups excluding carboxylic acids is 1. The number of rotatable bonds is 3. The van der Waals surface area contributed by atoms with Crippen LogP contribution in [0.3, 0.4) is 0 Å². The molecule has 0 spiro atoms. The number of anilines is 2. The summed E-state index contributed by atoms with van der Waals surface area (Å²) in [7, 11) is 0. The van der Waals surface area contributed by atoms with Crippen molar-refractivity contribution in [2.75, 3.05) is 11.1 Å². The molecule has 1 aromatic carbocycles. The molecule has 16 heavy (non-hydrogen) atoms. The maximum atomic E-state index is 10.9. The zero-order valence-corrected chi connectivity index (χ0v) is 9.62. The normalized spacial score (nSPS) is 15.6. The number of nitrogens with two attached hydrogens (primary N) is 1. The van der Waals surface area contributed by atoms with Gasteiger partial charge in [-0.15, -0.1) is 0 Å². The van der Waals surface area contributed by atoms with Gasteiger partial charge in [0.05, 0.1) is 0 Å². The third-order valence-electron chi connectivity index (χ3n) is 3.20. The monoisotopic (exact) mass is 218 g/mol. The molecular formula is C13H18N2O. The largest absolute Gasteiger partial charge is 0.398 e. The molecule has 0 radical (unpaired) electrons. The van der Waals surface area contributed by atoms with E-state index in [9.17, 15) is 4.79 Å². The molecule has 0 saturated heterocycles. The highest BCUT2D eigenvalue weighted by Crippen LogP contribution is 2.31. The van der Waals surface area contributed by atoms with Gasteiger partial charge in [0.2, 0.25) is 5.91 Å². The summed E-state index contributed by atoms with van der Waals surface area (Å²) in [4.78, 5) is 10.9. The molecule has 1 saturated carbocycles. The number of benzene rings is 1. The Labute approximate surface area is 96.0 Å². The van der Waals surface area contributed by atoms with Gasteiger partial charge >= 0.3 is 0 Å². The molecule has 0 heterocycles. The first-order chi connectivity index (χ1) is 7.65. The van der Waals surface area contributed by atoms with E-state index in [1.807, 2.05) is 18.2 Å².